The highest BCUT2D eigenvalue weighted by atomic mass is 32.2. The van der Waals surface area contributed by atoms with Crippen molar-refractivity contribution in [3.05, 3.63) is 23.2 Å². The van der Waals surface area contributed by atoms with Gasteiger partial charge >= 0.3 is 0 Å². The summed E-state index contributed by atoms with van der Waals surface area (Å²) in [5, 5.41) is 3.65. The van der Waals surface area contributed by atoms with Crippen molar-refractivity contribution in [3.8, 4) is 0 Å². The van der Waals surface area contributed by atoms with Gasteiger partial charge in [0.05, 0.1) is 20.1 Å². The average Bonchev–Trinajstić information content (AvgIpc) is 2.93. The Morgan fingerprint density at radius 1 is 1.33 bits per heavy atom. The minimum Gasteiger partial charge on any atom is -0.353 e. The summed E-state index contributed by atoms with van der Waals surface area (Å²) in [6.45, 7) is 8.46. The third-order valence-electron chi connectivity index (χ3n) is 4.05. The van der Waals surface area contributed by atoms with Crippen LogP contribution in [0.15, 0.2) is 23.1 Å². The van der Waals surface area contributed by atoms with E-state index in [0.717, 1.165) is 15.2 Å². The van der Waals surface area contributed by atoms with Crippen LogP contribution in [0.4, 0.5) is 0 Å². The van der Waals surface area contributed by atoms with Gasteiger partial charge in [-0.25, -0.2) is 13.4 Å². The molecule has 1 fully saturated rings. The van der Waals surface area contributed by atoms with Crippen molar-refractivity contribution in [1.29, 1.82) is 0 Å². The lowest BCUT2D eigenvalue weighted by atomic mass is 9.98. The first-order chi connectivity index (χ1) is 11.1. The van der Waals surface area contributed by atoms with Crippen LogP contribution < -0.4 is 5.32 Å². The number of thiazole rings is 1. The summed E-state index contributed by atoms with van der Waals surface area (Å²) in [6.07, 6.45) is 0. The van der Waals surface area contributed by atoms with Crippen molar-refractivity contribution in [2.75, 3.05) is 13.1 Å². The number of rotatable bonds is 2. The van der Waals surface area contributed by atoms with E-state index in [1.165, 1.54) is 15.6 Å². The summed E-state index contributed by atoms with van der Waals surface area (Å²) in [6, 6.07) is 4.27. The summed E-state index contributed by atoms with van der Waals surface area (Å²) in [7, 11) is -3.71. The zero-order valence-electron chi connectivity index (χ0n) is 14.2. The number of carbonyl (C=O) groups is 1. The van der Waals surface area contributed by atoms with E-state index in [1.54, 1.807) is 25.1 Å². The number of aromatic nitrogens is 1. The molecule has 1 atom stereocenters. The Morgan fingerprint density at radius 3 is 2.71 bits per heavy atom. The highest BCUT2D eigenvalue weighted by Crippen LogP contribution is 2.33. The molecule has 0 spiro atoms. The van der Waals surface area contributed by atoms with Crippen molar-refractivity contribution >= 4 is 37.5 Å². The van der Waals surface area contributed by atoms with Crippen molar-refractivity contribution in [2.45, 2.75) is 44.0 Å². The molecule has 1 aromatic carbocycles. The number of fused-ring (bicyclic) bond motifs is 1. The first-order valence-electron chi connectivity index (χ1n) is 7.81. The van der Waals surface area contributed by atoms with Crippen LogP contribution in [0.3, 0.4) is 0 Å². The van der Waals surface area contributed by atoms with Crippen LogP contribution in [-0.4, -0.2) is 42.7 Å². The van der Waals surface area contributed by atoms with Crippen LogP contribution in [0.5, 0.6) is 0 Å². The number of hydrogen-bond acceptors (Lipinski definition) is 5. The number of amides is 1. The first-order valence-corrected chi connectivity index (χ1v) is 10.1. The van der Waals surface area contributed by atoms with Gasteiger partial charge in [-0.2, -0.15) is 4.31 Å². The Labute approximate surface area is 145 Å². The maximum atomic E-state index is 12.9. The van der Waals surface area contributed by atoms with Gasteiger partial charge < -0.3 is 5.32 Å². The molecule has 130 valence electrons. The van der Waals surface area contributed by atoms with Gasteiger partial charge in [0.2, 0.25) is 15.9 Å². The Kier molecular flexibility index (Phi) is 4.17. The van der Waals surface area contributed by atoms with E-state index in [9.17, 15) is 13.2 Å². The lowest BCUT2D eigenvalue weighted by Crippen LogP contribution is -2.55. The lowest BCUT2D eigenvalue weighted by molar-refractivity contribution is -0.126. The van der Waals surface area contributed by atoms with E-state index < -0.39 is 16.1 Å². The molecule has 0 saturated carbocycles. The first kappa shape index (κ1) is 17.3. The van der Waals surface area contributed by atoms with Gasteiger partial charge in [0.1, 0.15) is 6.04 Å². The third kappa shape index (κ3) is 2.94. The highest BCUT2D eigenvalue weighted by Gasteiger charge is 2.35. The average molecular weight is 367 g/mol. The summed E-state index contributed by atoms with van der Waals surface area (Å²) < 4.78 is 27.9. The van der Waals surface area contributed by atoms with E-state index in [0.29, 0.717) is 6.54 Å². The number of benzene rings is 1. The van der Waals surface area contributed by atoms with Gasteiger partial charge in [0, 0.05) is 18.5 Å². The van der Waals surface area contributed by atoms with E-state index in [1.807, 2.05) is 0 Å². The number of hydrogen-bond donors (Lipinski definition) is 1. The Morgan fingerprint density at radius 2 is 2.04 bits per heavy atom. The van der Waals surface area contributed by atoms with Crippen LogP contribution in [0.25, 0.3) is 10.2 Å². The molecular formula is C16H21N3O3S2. The second-order valence-corrected chi connectivity index (χ2v) is 9.90. The molecule has 3 rings (SSSR count). The molecule has 24 heavy (non-hydrogen) atoms. The summed E-state index contributed by atoms with van der Waals surface area (Å²) in [5.41, 5.74) is 0.718. The molecule has 2 heterocycles. The second kappa shape index (κ2) is 5.79. The molecule has 0 aliphatic carbocycles. The normalized spacial score (nSPS) is 20.3. The zero-order chi connectivity index (χ0) is 17.7. The van der Waals surface area contributed by atoms with Gasteiger partial charge in [-0.05, 0) is 25.1 Å². The monoisotopic (exact) mass is 367 g/mol. The number of nitrogens with zero attached hydrogens (tertiary/aromatic N) is 2. The second-order valence-electron chi connectivity index (χ2n) is 6.98. The molecule has 0 bridgehead atoms. The molecule has 1 saturated heterocycles. The molecule has 2 aromatic rings. The summed E-state index contributed by atoms with van der Waals surface area (Å²) in [4.78, 5) is 16.6. The Bertz CT molecular complexity index is 897. The van der Waals surface area contributed by atoms with Crippen LogP contribution in [-0.2, 0) is 20.2 Å². The van der Waals surface area contributed by atoms with Gasteiger partial charge in [-0.3, -0.25) is 4.79 Å². The summed E-state index contributed by atoms with van der Waals surface area (Å²) >= 11 is 1.51. The van der Waals surface area contributed by atoms with Crippen LogP contribution in [0.1, 0.15) is 32.7 Å². The molecule has 1 aromatic heterocycles. The number of carbonyl (C=O) groups excluding carboxylic acids is 1. The highest BCUT2D eigenvalue weighted by molar-refractivity contribution is 7.89. The third-order valence-corrected chi connectivity index (χ3v) is 7.46. The SMILES string of the molecule is C[C@H]1C(=O)NCCN1S(=O)(=O)c1ccc2nc(C(C)(C)C)sc2c1. The number of piperazine rings is 1. The molecule has 1 amide bonds. The molecular weight excluding hydrogens is 346 g/mol. The fourth-order valence-electron chi connectivity index (χ4n) is 2.61. The van der Waals surface area contributed by atoms with Crippen molar-refractivity contribution in [3.63, 3.8) is 0 Å². The largest absolute Gasteiger partial charge is 0.353 e. The Hall–Kier alpha value is -1.51. The molecule has 0 unspecified atom stereocenters. The van der Waals surface area contributed by atoms with E-state index in [2.05, 4.69) is 31.1 Å². The fourth-order valence-corrected chi connectivity index (χ4v) is 5.37. The Balaban J connectivity index is 2.03. The van der Waals surface area contributed by atoms with Crippen molar-refractivity contribution in [1.82, 2.24) is 14.6 Å². The van der Waals surface area contributed by atoms with Gasteiger partial charge in [0.25, 0.3) is 0 Å². The standard InChI is InChI=1S/C16H21N3O3S2/c1-10-14(20)17-7-8-19(10)24(21,22)11-5-6-12-13(9-11)23-15(18-12)16(2,3)4/h5-6,9-10H,7-8H2,1-4H3,(H,17,20)/t10-/m0/s1. The molecule has 1 aliphatic heterocycles. The van der Waals surface area contributed by atoms with Crippen molar-refractivity contribution in [2.24, 2.45) is 0 Å². The van der Waals surface area contributed by atoms with Crippen LogP contribution in [0.2, 0.25) is 0 Å². The predicted molar refractivity (Wildman–Crippen MR) is 94.7 cm³/mol. The molecule has 0 radical (unpaired) electrons. The van der Waals surface area contributed by atoms with Crippen LogP contribution >= 0.6 is 11.3 Å². The minimum atomic E-state index is -3.71. The zero-order valence-corrected chi connectivity index (χ0v) is 15.8. The molecule has 1 N–H and O–H groups in total. The smallest absolute Gasteiger partial charge is 0.243 e. The number of sulfonamides is 1. The van der Waals surface area contributed by atoms with Gasteiger partial charge in [-0.1, -0.05) is 20.8 Å². The van der Waals surface area contributed by atoms with E-state index in [-0.39, 0.29) is 22.8 Å². The topological polar surface area (TPSA) is 79.4 Å². The van der Waals surface area contributed by atoms with Gasteiger partial charge in [-0.15, -0.1) is 11.3 Å². The van der Waals surface area contributed by atoms with E-state index in [4.69, 9.17) is 0 Å². The van der Waals surface area contributed by atoms with E-state index >= 15 is 0 Å². The van der Waals surface area contributed by atoms with Gasteiger partial charge in [0.15, 0.2) is 0 Å². The summed E-state index contributed by atoms with van der Waals surface area (Å²) in [5.74, 6) is -0.265. The minimum absolute atomic E-state index is 0.0812. The van der Waals surface area contributed by atoms with Crippen molar-refractivity contribution < 1.29 is 13.2 Å². The quantitative estimate of drug-likeness (QED) is 0.882. The number of nitrogens with one attached hydrogen (secondary N) is 1. The fraction of sp³-hybridized carbons (Fsp3) is 0.500. The molecule has 8 heteroatoms. The maximum absolute atomic E-state index is 12.9. The molecule has 6 nitrogen and oxygen atoms in total. The predicted octanol–water partition coefficient (Wildman–Crippen LogP) is 2.10. The molecule has 1 aliphatic rings. The lowest BCUT2D eigenvalue weighted by Gasteiger charge is -2.31. The maximum Gasteiger partial charge on any atom is 0.243 e. The van der Waals surface area contributed by atoms with Crippen LogP contribution in [0, 0.1) is 0 Å².